The van der Waals surface area contributed by atoms with Gasteiger partial charge in [0.2, 0.25) is 0 Å². The fourth-order valence-corrected chi connectivity index (χ4v) is 2.82. The van der Waals surface area contributed by atoms with Crippen LogP contribution in [0.1, 0.15) is 49.6 Å². The van der Waals surface area contributed by atoms with Crippen molar-refractivity contribution >= 4 is 11.5 Å². The molecule has 3 heterocycles. The number of aromatic nitrogens is 6. The zero-order valence-corrected chi connectivity index (χ0v) is 15.3. The molecule has 0 fully saturated rings. The lowest BCUT2D eigenvalue weighted by Gasteiger charge is -2.21. The van der Waals surface area contributed by atoms with Crippen molar-refractivity contribution in [2.24, 2.45) is 0 Å². The molecule has 3 rings (SSSR count). The molecule has 0 aliphatic heterocycles. The van der Waals surface area contributed by atoms with Crippen LogP contribution in [0, 0.1) is 13.8 Å². The number of fused-ring (bicyclic) bond motifs is 1. The normalized spacial score (nSPS) is 11.6. The highest BCUT2D eigenvalue weighted by Crippen LogP contribution is 2.22. The van der Waals surface area contributed by atoms with Gasteiger partial charge in [0.05, 0.1) is 12.2 Å². The molecule has 7 nitrogen and oxygen atoms in total. The van der Waals surface area contributed by atoms with Gasteiger partial charge in [-0.1, -0.05) is 6.92 Å². The highest BCUT2D eigenvalue weighted by Gasteiger charge is 2.17. The molecule has 3 aromatic rings. The van der Waals surface area contributed by atoms with Crippen LogP contribution in [0.3, 0.4) is 0 Å². The van der Waals surface area contributed by atoms with Crippen molar-refractivity contribution in [3.05, 3.63) is 35.2 Å². The molecule has 0 spiro atoms. The lowest BCUT2D eigenvalue weighted by Crippen LogP contribution is -2.23. The van der Waals surface area contributed by atoms with Gasteiger partial charge in [-0.3, -0.25) is 0 Å². The molecule has 0 amide bonds. The van der Waals surface area contributed by atoms with E-state index < -0.39 is 0 Å². The molecular formula is C17H25N7. The first-order chi connectivity index (χ1) is 11.4. The Morgan fingerprint density at radius 3 is 2.67 bits per heavy atom. The van der Waals surface area contributed by atoms with Crippen molar-refractivity contribution in [2.45, 2.75) is 53.6 Å². The van der Waals surface area contributed by atoms with Gasteiger partial charge in [0.15, 0.2) is 11.5 Å². The molecule has 0 saturated carbocycles. The molecule has 0 radical (unpaired) electrons. The summed E-state index contributed by atoms with van der Waals surface area (Å²) in [5, 5.41) is 13.0. The van der Waals surface area contributed by atoms with Crippen LogP contribution in [-0.4, -0.2) is 36.4 Å². The molecule has 0 bridgehead atoms. The van der Waals surface area contributed by atoms with E-state index >= 15 is 0 Å². The number of aryl methyl sites for hydroxylation is 3. The molecule has 3 aromatic heterocycles. The summed E-state index contributed by atoms with van der Waals surface area (Å²) in [6.45, 7) is 11.1. The summed E-state index contributed by atoms with van der Waals surface area (Å²) in [6.07, 6.45) is 2.68. The molecule has 0 aliphatic rings. The molecule has 0 N–H and O–H groups in total. The zero-order valence-electron chi connectivity index (χ0n) is 15.3. The van der Waals surface area contributed by atoms with E-state index in [9.17, 15) is 0 Å². The average molecular weight is 327 g/mol. The largest absolute Gasteiger partial charge is 0.352 e. The summed E-state index contributed by atoms with van der Waals surface area (Å²) in [7, 11) is 2.06. The molecule has 128 valence electrons. The van der Waals surface area contributed by atoms with E-state index in [2.05, 4.69) is 65.6 Å². The Bertz CT molecular complexity index is 859. The van der Waals surface area contributed by atoms with Gasteiger partial charge >= 0.3 is 0 Å². The summed E-state index contributed by atoms with van der Waals surface area (Å²) in [5.41, 5.74) is 4.14. The van der Waals surface area contributed by atoms with Gasteiger partial charge in [-0.25, -0.2) is 4.98 Å². The maximum Gasteiger partial charge on any atom is 0.160 e. The van der Waals surface area contributed by atoms with Crippen LogP contribution in [0.5, 0.6) is 0 Å². The second-order valence-corrected chi connectivity index (χ2v) is 6.51. The van der Waals surface area contributed by atoms with E-state index in [4.69, 9.17) is 4.98 Å². The van der Waals surface area contributed by atoms with Crippen LogP contribution in [0.25, 0.3) is 5.65 Å². The van der Waals surface area contributed by atoms with Gasteiger partial charge in [-0.05, 0) is 34.1 Å². The van der Waals surface area contributed by atoms with Gasteiger partial charge < -0.3 is 9.47 Å². The summed E-state index contributed by atoms with van der Waals surface area (Å²) in [5.74, 6) is 1.96. The first kappa shape index (κ1) is 16.4. The summed E-state index contributed by atoms with van der Waals surface area (Å²) in [6, 6.07) is 2.44. The van der Waals surface area contributed by atoms with Crippen LogP contribution < -0.4 is 4.90 Å². The fraction of sp³-hybridized carbons (Fsp3) is 0.529. The molecule has 7 heteroatoms. The van der Waals surface area contributed by atoms with Crippen molar-refractivity contribution < 1.29 is 0 Å². The minimum atomic E-state index is 0.334. The van der Waals surface area contributed by atoms with E-state index in [-0.39, 0.29) is 0 Å². The predicted molar refractivity (Wildman–Crippen MR) is 94.4 cm³/mol. The lowest BCUT2D eigenvalue weighted by molar-refractivity contribution is 0.563. The van der Waals surface area contributed by atoms with Gasteiger partial charge in [0, 0.05) is 30.4 Å². The predicted octanol–water partition coefficient (Wildman–Crippen LogP) is 2.72. The first-order valence-electron chi connectivity index (χ1n) is 8.37. The third-order valence-electron chi connectivity index (χ3n) is 4.43. The average Bonchev–Trinajstić information content (AvgIpc) is 3.12. The summed E-state index contributed by atoms with van der Waals surface area (Å²) < 4.78 is 4.02. The topological polar surface area (TPSA) is 64.1 Å². The molecule has 0 aliphatic carbocycles. The third kappa shape index (κ3) is 2.74. The van der Waals surface area contributed by atoms with Crippen LogP contribution in [0.2, 0.25) is 0 Å². The first-order valence-corrected chi connectivity index (χ1v) is 8.37. The van der Waals surface area contributed by atoms with Crippen molar-refractivity contribution in [1.29, 1.82) is 0 Å². The molecule has 0 aromatic carbocycles. The van der Waals surface area contributed by atoms with Crippen molar-refractivity contribution in [3.8, 4) is 0 Å². The Morgan fingerprint density at radius 1 is 1.25 bits per heavy atom. The van der Waals surface area contributed by atoms with Crippen LogP contribution in [0.4, 0.5) is 5.82 Å². The monoisotopic (exact) mass is 327 g/mol. The Hall–Kier alpha value is -2.44. The van der Waals surface area contributed by atoms with Gasteiger partial charge in [0.1, 0.15) is 12.1 Å². The molecule has 24 heavy (non-hydrogen) atoms. The molecule has 0 atom stereocenters. The third-order valence-corrected chi connectivity index (χ3v) is 4.43. The van der Waals surface area contributed by atoms with Crippen LogP contribution >= 0.6 is 0 Å². The minimum absolute atomic E-state index is 0.334. The number of anilines is 1. The Morgan fingerprint density at radius 2 is 2.00 bits per heavy atom. The lowest BCUT2D eigenvalue weighted by atomic mass is 10.2. The maximum absolute atomic E-state index is 4.74. The molecule has 0 unspecified atom stereocenters. The summed E-state index contributed by atoms with van der Waals surface area (Å²) in [4.78, 5) is 6.90. The van der Waals surface area contributed by atoms with Crippen molar-refractivity contribution in [2.75, 3.05) is 11.9 Å². The van der Waals surface area contributed by atoms with Gasteiger partial charge in [0.25, 0.3) is 0 Å². The van der Waals surface area contributed by atoms with E-state index in [1.165, 1.54) is 0 Å². The molecule has 0 saturated heterocycles. The number of hydrogen-bond donors (Lipinski definition) is 0. The standard InChI is InChI=1S/C17H25N7/c1-7-14-8-16(24-17(19-14)12(4)13(5)21-24)22(6)9-15-20-18-10-23(15)11(2)3/h8,10-11H,7,9H2,1-6H3. The Labute approximate surface area is 142 Å². The molecular weight excluding hydrogens is 302 g/mol. The van der Waals surface area contributed by atoms with Crippen molar-refractivity contribution in [3.63, 3.8) is 0 Å². The number of rotatable bonds is 5. The van der Waals surface area contributed by atoms with E-state index in [1.807, 2.05) is 11.4 Å². The second-order valence-electron chi connectivity index (χ2n) is 6.51. The van der Waals surface area contributed by atoms with E-state index in [1.54, 1.807) is 6.33 Å². The Balaban J connectivity index is 2.04. The Kier molecular flexibility index (Phi) is 4.26. The SMILES string of the molecule is CCc1cc(N(C)Cc2nncn2C(C)C)n2nc(C)c(C)c2n1. The van der Waals surface area contributed by atoms with E-state index in [0.29, 0.717) is 12.6 Å². The van der Waals surface area contributed by atoms with Gasteiger partial charge in [-0.2, -0.15) is 9.61 Å². The van der Waals surface area contributed by atoms with Crippen molar-refractivity contribution in [1.82, 2.24) is 29.4 Å². The highest BCUT2D eigenvalue weighted by atomic mass is 15.4. The summed E-state index contributed by atoms with van der Waals surface area (Å²) >= 11 is 0. The number of hydrogen-bond acceptors (Lipinski definition) is 5. The van der Waals surface area contributed by atoms with Gasteiger partial charge in [-0.15, -0.1) is 10.2 Å². The highest BCUT2D eigenvalue weighted by molar-refractivity contribution is 5.56. The maximum atomic E-state index is 4.74. The van der Waals surface area contributed by atoms with E-state index in [0.717, 1.165) is 40.7 Å². The number of nitrogens with zero attached hydrogens (tertiary/aromatic N) is 7. The van der Waals surface area contributed by atoms with Crippen LogP contribution in [-0.2, 0) is 13.0 Å². The fourth-order valence-electron chi connectivity index (χ4n) is 2.82. The smallest absolute Gasteiger partial charge is 0.160 e. The quantitative estimate of drug-likeness (QED) is 0.721. The zero-order chi connectivity index (χ0) is 17.4. The minimum Gasteiger partial charge on any atom is -0.352 e. The van der Waals surface area contributed by atoms with Crippen LogP contribution in [0.15, 0.2) is 12.4 Å². The second kappa shape index (κ2) is 6.22.